The molecule has 1 unspecified atom stereocenters. The van der Waals surface area contributed by atoms with Crippen LogP contribution in [0.15, 0.2) is 6.20 Å². The summed E-state index contributed by atoms with van der Waals surface area (Å²) < 4.78 is 5.15. The SMILES string of the molecule is COCC1CCCN(c2nc(Cl)ncc2[N+](=O)[O-])C1. The molecule has 1 aromatic heterocycles. The third-order valence-electron chi connectivity index (χ3n) is 3.14. The minimum absolute atomic E-state index is 0.0227. The summed E-state index contributed by atoms with van der Waals surface area (Å²) in [5.41, 5.74) is -0.109. The molecule has 8 heteroatoms. The topological polar surface area (TPSA) is 81.4 Å². The van der Waals surface area contributed by atoms with Crippen molar-refractivity contribution in [3.63, 3.8) is 0 Å². The average molecular weight is 287 g/mol. The molecule has 0 radical (unpaired) electrons. The number of nitro groups is 1. The Balaban J connectivity index is 2.24. The number of ether oxygens (including phenoxy) is 1. The average Bonchev–Trinajstić information content (AvgIpc) is 2.39. The van der Waals surface area contributed by atoms with E-state index in [1.54, 1.807) is 7.11 Å². The summed E-state index contributed by atoms with van der Waals surface area (Å²) in [6.45, 7) is 2.06. The molecule has 104 valence electrons. The summed E-state index contributed by atoms with van der Waals surface area (Å²) in [7, 11) is 1.66. The van der Waals surface area contributed by atoms with Gasteiger partial charge in [0.15, 0.2) is 0 Å². The van der Waals surface area contributed by atoms with E-state index in [1.165, 1.54) is 0 Å². The highest BCUT2D eigenvalue weighted by Crippen LogP contribution is 2.29. The Morgan fingerprint density at radius 3 is 3.16 bits per heavy atom. The smallest absolute Gasteiger partial charge is 0.329 e. The monoisotopic (exact) mass is 286 g/mol. The maximum atomic E-state index is 11.0. The molecule has 1 atom stereocenters. The van der Waals surface area contributed by atoms with Gasteiger partial charge in [0, 0.05) is 20.2 Å². The van der Waals surface area contributed by atoms with Gasteiger partial charge in [-0.25, -0.2) is 4.98 Å². The highest BCUT2D eigenvalue weighted by molar-refractivity contribution is 6.28. The second-order valence-electron chi connectivity index (χ2n) is 4.51. The number of hydrogen-bond acceptors (Lipinski definition) is 6. The Labute approximate surface area is 115 Å². The quantitative estimate of drug-likeness (QED) is 0.478. The van der Waals surface area contributed by atoms with Crippen molar-refractivity contribution in [1.82, 2.24) is 9.97 Å². The second-order valence-corrected chi connectivity index (χ2v) is 4.85. The molecule has 1 aliphatic rings. The molecule has 19 heavy (non-hydrogen) atoms. The lowest BCUT2D eigenvalue weighted by molar-refractivity contribution is -0.384. The largest absolute Gasteiger partial charge is 0.384 e. The first kappa shape index (κ1) is 14.0. The van der Waals surface area contributed by atoms with Crippen molar-refractivity contribution < 1.29 is 9.66 Å². The van der Waals surface area contributed by atoms with E-state index >= 15 is 0 Å². The van der Waals surface area contributed by atoms with Crippen molar-refractivity contribution in [3.8, 4) is 0 Å². The number of aromatic nitrogens is 2. The normalized spacial score (nSPS) is 19.5. The standard InChI is InChI=1S/C11H15ClN4O3/c1-19-7-8-3-2-4-15(6-8)10-9(16(17)18)5-13-11(12)14-10/h5,8H,2-4,6-7H2,1H3. The lowest BCUT2D eigenvalue weighted by atomic mass is 9.99. The molecule has 7 nitrogen and oxygen atoms in total. The van der Waals surface area contributed by atoms with Crippen LogP contribution in [0.5, 0.6) is 0 Å². The van der Waals surface area contributed by atoms with Gasteiger partial charge in [-0.2, -0.15) is 4.98 Å². The third kappa shape index (κ3) is 3.30. The maximum Gasteiger partial charge on any atom is 0.329 e. The van der Waals surface area contributed by atoms with Crippen molar-refractivity contribution in [2.75, 3.05) is 31.7 Å². The molecular formula is C11H15ClN4O3. The number of hydrogen-bond donors (Lipinski definition) is 0. The van der Waals surface area contributed by atoms with E-state index in [0.29, 0.717) is 24.9 Å². The summed E-state index contributed by atoms with van der Waals surface area (Å²) in [5, 5.41) is 11.0. The molecule has 1 aliphatic heterocycles. The summed E-state index contributed by atoms with van der Waals surface area (Å²) in [6.07, 6.45) is 3.16. The van der Waals surface area contributed by atoms with E-state index in [9.17, 15) is 10.1 Å². The van der Waals surface area contributed by atoms with Crippen LogP contribution in [0.4, 0.5) is 11.5 Å². The molecule has 2 rings (SSSR count). The van der Waals surface area contributed by atoms with Crippen LogP contribution in [-0.4, -0.2) is 41.7 Å². The van der Waals surface area contributed by atoms with Gasteiger partial charge in [-0.15, -0.1) is 0 Å². The van der Waals surface area contributed by atoms with E-state index in [2.05, 4.69) is 9.97 Å². The van der Waals surface area contributed by atoms with E-state index in [-0.39, 0.29) is 11.0 Å². The van der Waals surface area contributed by atoms with E-state index in [1.807, 2.05) is 4.90 Å². The zero-order valence-corrected chi connectivity index (χ0v) is 11.3. The van der Waals surface area contributed by atoms with Gasteiger partial charge in [-0.05, 0) is 30.4 Å². The zero-order valence-electron chi connectivity index (χ0n) is 10.6. The molecule has 0 amide bonds. The molecule has 1 aromatic rings. The summed E-state index contributed by atoms with van der Waals surface area (Å²) in [5.74, 6) is 0.651. The van der Waals surface area contributed by atoms with Crippen LogP contribution in [0.1, 0.15) is 12.8 Å². The summed E-state index contributed by atoms with van der Waals surface area (Å²) in [6, 6.07) is 0. The maximum absolute atomic E-state index is 11.0. The number of anilines is 1. The van der Waals surface area contributed by atoms with Gasteiger partial charge in [-0.1, -0.05) is 0 Å². The van der Waals surface area contributed by atoms with Crippen LogP contribution in [0, 0.1) is 16.0 Å². The Kier molecular flexibility index (Phi) is 4.49. The first-order valence-corrected chi connectivity index (χ1v) is 6.40. The van der Waals surface area contributed by atoms with Gasteiger partial charge in [0.05, 0.1) is 11.5 Å². The Morgan fingerprint density at radius 2 is 2.47 bits per heavy atom. The second kappa shape index (κ2) is 6.12. The van der Waals surface area contributed by atoms with Gasteiger partial charge in [0.2, 0.25) is 11.1 Å². The predicted octanol–water partition coefficient (Wildman–Crippen LogP) is 1.90. The third-order valence-corrected chi connectivity index (χ3v) is 3.32. The van der Waals surface area contributed by atoms with Gasteiger partial charge in [0.1, 0.15) is 6.20 Å². The van der Waals surface area contributed by atoms with Crippen molar-refractivity contribution in [2.45, 2.75) is 12.8 Å². The highest BCUT2D eigenvalue weighted by atomic mass is 35.5. The van der Waals surface area contributed by atoms with Crippen molar-refractivity contribution in [1.29, 1.82) is 0 Å². The molecule has 0 N–H and O–H groups in total. The van der Waals surface area contributed by atoms with Crippen molar-refractivity contribution >= 4 is 23.1 Å². The summed E-state index contributed by atoms with van der Waals surface area (Å²) in [4.78, 5) is 20.1. The van der Waals surface area contributed by atoms with Crippen molar-refractivity contribution in [3.05, 3.63) is 21.6 Å². The van der Waals surface area contributed by atoms with E-state index in [4.69, 9.17) is 16.3 Å². The Bertz CT molecular complexity index is 469. The van der Waals surface area contributed by atoms with Crippen LogP contribution in [-0.2, 0) is 4.74 Å². The lowest BCUT2D eigenvalue weighted by Gasteiger charge is -2.32. The van der Waals surface area contributed by atoms with Crippen LogP contribution in [0.25, 0.3) is 0 Å². The molecule has 1 saturated heterocycles. The zero-order chi connectivity index (χ0) is 13.8. The first-order valence-electron chi connectivity index (χ1n) is 6.02. The molecule has 0 saturated carbocycles. The number of methoxy groups -OCH3 is 1. The predicted molar refractivity (Wildman–Crippen MR) is 70.5 cm³/mol. The highest BCUT2D eigenvalue weighted by Gasteiger charge is 2.27. The van der Waals surface area contributed by atoms with Crippen LogP contribution in [0.3, 0.4) is 0 Å². The minimum atomic E-state index is -0.481. The molecule has 0 spiro atoms. The Morgan fingerprint density at radius 1 is 1.68 bits per heavy atom. The molecular weight excluding hydrogens is 272 g/mol. The van der Waals surface area contributed by atoms with E-state index in [0.717, 1.165) is 25.6 Å². The van der Waals surface area contributed by atoms with Gasteiger partial charge < -0.3 is 9.64 Å². The van der Waals surface area contributed by atoms with Gasteiger partial charge in [0.25, 0.3) is 0 Å². The number of rotatable bonds is 4. The first-order chi connectivity index (χ1) is 9.11. The molecule has 1 fully saturated rings. The number of halogens is 1. The molecule has 0 aliphatic carbocycles. The van der Waals surface area contributed by atoms with E-state index < -0.39 is 4.92 Å². The fraction of sp³-hybridized carbons (Fsp3) is 0.636. The molecule has 0 bridgehead atoms. The summed E-state index contributed by atoms with van der Waals surface area (Å²) >= 11 is 5.74. The minimum Gasteiger partial charge on any atom is -0.384 e. The molecule has 2 heterocycles. The van der Waals surface area contributed by atoms with Gasteiger partial charge in [-0.3, -0.25) is 10.1 Å². The van der Waals surface area contributed by atoms with Crippen LogP contribution < -0.4 is 4.90 Å². The Hall–Kier alpha value is -1.47. The fourth-order valence-corrected chi connectivity index (χ4v) is 2.47. The fourth-order valence-electron chi connectivity index (χ4n) is 2.34. The lowest BCUT2D eigenvalue weighted by Crippen LogP contribution is -2.38. The van der Waals surface area contributed by atoms with Gasteiger partial charge >= 0.3 is 5.69 Å². The van der Waals surface area contributed by atoms with Crippen LogP contribution >= 0.6 is 11.6 Å². The van der Waals surface area contributed by atoms with Crippen molar-refractivity contribution in [2.24, 2.45) is 5.92 Å². The molecule has 0 aromatic carbocycles. The number of piperidine rings is 1. The number of nitrogens with zero attached hydrogens (tertiary/aromatic N) is 4. The van der Waals surface area contributed by atoms with Crippen LogP contribution in [0.2, 0.25) is 5.28 Å².